The number of benzene rings is 4. The summed E-state index contributed by atoms with van der Waals surface area (Å²) in [5.41, 5.74) is 7.28. The molecule has 0 saturated heterocycles. The summed E-state index contributed by atoms with van der Waals surface area (Å²) in [6.07, 6.45) is 4.56. The third-order valence-corrected chi connectivity index (χ3v) is 14.1. The minimum absolute atomic E-state index is 0.0244. The minimum atomic E-state index is -0.612. The summed E-state index contributed by atoms with van der Waals surface area (Å²) in [5.74, 6) is 4.07. The lowest BCUT2D eigenvalue weighted by Gasteiger charge is -2.46. The van der Waals surface area contributed by atoms with Crippen LogP contribution in [0, 0.1) is 0 Å². The normalized spacial score (nSPS) is 19.5. The van der Waals surface area contributed by atoms with Crippen molar-refractivity contribution in [1.29, 1.82) is 0 Å². The molecule has 0 amide bonds. The van der Waals surface area contributed by atoms with Crippen LogP contribution < -0.4 is 42.6 Å². The Morgan fingerprint density at radius 1 is 0.586 bits per heavy atom. The lowest BCUT2D eigenvalue weighted by atomic mass is 9.85. The van der Waals surface area contributed by atoms with Gasteiger partial charge in [-0.05, 0) is 72.1 Å². The molecule has 0 saturated carbocycles. The predicted octanol–water partition coefficient (Wildman–Crippen LogP) is 7.15. The van der Waals surface area contributed by atoms with Gasteiger partial charge in [-0.2, -0.15) is 0 Å². The highest BCUT2D eigenvalue weighted by molar-refractivity contribution is 5.95. The van der Waals surface area contributed by atoms with Crippen molar-refractivity contribution in [3.8, 4) is 51.7 Å². The zero-order chi connectivity index (χ0) is 50.8. The van der Waals surface area contributed by atoms with E-state index in [-0.39, 0.29) is 37.5 Å². The molecule has 70 heavy (non-hydrogen) atoms. The third-order valence-electron chi connectivity index (χ3n) is 14.1. The van der Waals surface area contributed by atoms with Gasteiger partial charge in [0.1, 0.15) is 12.1 Å². The highest BCUT2D eigenvalue weighted by Crippen LogP contribution is 2.49. The van der Waals surface area contributed by atoms with E-state index in [2.05, 4.69) is 26.2 Å². The first-order valence-electron chi connectivity index (χ1n) is 23.5. The fraction of sp³-hybridized carbons (Fsp3) is 0.481. The average molecular weight is 973 g/mol. The van der Waals surface area contributed by atoms with E-state index >= 15 is 0 Å². The van der Waals surface area contributed by atoms with Crippen LogP contribution >= 0.6 is 0 Å². The van der Waals surface area contributed by atoms with Crippen molar-refractivity contribution in [2.24, 2.45) is 0 Å². The van der Waals surface area contributed by atoms with Crippen molar-refractivity contribution in [3.63, 3.8) is 0 Å². The summed E-state index contributed by atoms with van der Waals surface area (Å²) >= 11 is 0. The Hall–Kier alpha value is -6.36. The van der Waals surface area contributed by atoms with Crippen LogP contribution in [0.15, 0.2) is 60.2 Å². The number of hydrogen-bond donors (Lipinski definition) is 1. The van der Waals surface area contributed by atoms with Crippen LogP contribution in [-0.4, -0.2) is 143 Å². The highest BCUT2D eigenvalue weighted by atomic mass is 16.5. The lowest BCUT2D eigenvalue weighted by molar-refractivity contribution is -0.941. The Bertz CT molecular complexity index is 2470. The number of carbonyl (C=O) groups is 2. The number of methoxy groups -OCH3 is 9. The van der Waals surface area contributed by atoms with Gasteiger partial charge in [0.25, 0.3) is 0 Å². The second-order valence-corrected chi connectivity index (χ2v) is 18.2. The number of fused-ring (bicyclic) bond motifs is 2. The zero-order valence-electron chi connectivity index (χ0n) is 43.0. The maximum Gasteiger partial charge on any atom is 0.333 e. The zero-order valence-corrected chi connectivity index (χ0v) is 43.0. The molecular weight excluding hydrogens is 901 g/mol. The van der Waals surface area contributed by atoms with E-state index in [1.54, 1.807) is 70.9 Å². The van der Waals surface area contributed by atoms with Crippen molar-refractivity contribution < 1.29 is 75.8 Å². The molecule has 2 aliphatic heterocycles. The van der Waals surface area contributed by atoms with E-state index in [0.717, 1.165) is 53.7 Å². The van der Waals surface area contributed by atoms with E-state index in [1.807, 2.05) is 36.4 Å². The number of rotatable bonds is 23. The molecule has 4 atom stereocenters. The monoisotopic (exact) mass is 972 g/mol. The molecule has 0 spiro atoms. The fourth-order valence-corrected chi connectivity index (χ4v) is 10.4. The molecular formula is C54H72N2O14+2. The lowest BCUT2D eigenvalue weighted by Crippen LogP contribution is -2.52. The first-order chi connectivity index (χ1) is 33.7. The highest BCUT2D eigenvalue weighted by Gasteiger charge is 2.43. The summed E-state index contributed by atoms with van der Waals surface area (Å²) in [4.78, 5) is 26.3. The summed E-state index contributed by atoms with van der Waals surface area (Å²) in [7, 11) is 18.9. The standard InChI is InChI=1S/C54H72N2O14/c1-34(23-50(58)69-21-14-18-56(3)20-16-37-28-44(61-5)46(63-7)32-41(37)51(56)38-29-48(65-9)53(68-12)49(30-38)66-10)54(59)70-22-13-17-55(2)19-15-36-27-43(60-4)45(62-6)31-40(36)42(55)25-35-24-39(33-57)52(67-11)47(26-35)64-8/h23-24,26-32,42,51,57H,13-22,25,33H2,1-12H3/q+2/b34-23+/t42-,51-,55-,56-/m0/s1. The first-order valence-corrected chi connectivity index (χ1v) is 23.5. The number of aliphatic hydroxyl groups is 1. The second kappa shape index (κ2) is 23.5. The van der Waals surface area contributed by atoms with Crippen LogP contribution in [0.4, 0.5) is 0 Å². The van der Waals surface area contributed by atoms with E-state index in [4.69, 9.17) is 52.1 Å². The molecule has 16 nitrogen and oxygen atoms in total. The smallest absolute Gasteiger partial charge is 0.333 e. The minimum Gasteiger partial charge on any atom is -0.493 e. The van der Waals surface area contributed by atoms with Gasteiger partial charge in [-0.25, -0.2) is 9.59 Å². The second-order valence-electron chi connectivity index (χ2n) is 18.2. The predicted molar refractivity (Wildman–Crippen MR) is 263 cm³/mol. The molecule has 0 aromatic heterocycles. The number of nitrogens with zero attached hydrogens (tertiary/aromatic N) is 2. The molecule has 0 unspecified atom stereocenters. The van der Waals surface area contributed by atoms with Crippen LogP contribution in [-0.2, 0) is 44.9 Å². The van der Waals surface area contributed by atoms with E-state index in [0.29, 0.717) is 98.6 Å². The topological polar surface area (TPSA) is 156 Å². The third kappa shape index (κ3) is 11.3. The molecule has 4 aromatic carbocycles. The van der Waals surface area contributed by atoms with Gasteiger partial charge >= 0.3 is 11.9 Å². The molecule has 0 aliphatic carbocycles. The van der Waals surface area contributed by atoms with Crippen LogP contribution in [0.25, 0.3) is 0 Å². The Balaban J connectivity index is 1.10. The molecule has 0 bridgehead atoms. The van der Waals surface area contributed by atoms with Crippen molar-refractivity contribution >= 4 is 11.9 Å². The molecule has 0 radical (unpaired) electrons. The van der Waals surface area contributed by atoms with Gasteiger partial charge in [0.05, 0.1) is 124 Å². The van der Waals surface area contributed by atoms with E-state index < -0.39 is 11.9 Å². The SMILES string of the molecule is COc1cc2c(cc1OC)[C@H](c1cc(OC)c(OC)c(OC)c1)[N@@+](C)(CCCOC(=O)/C=C(\C)C(=O)OCCC[N@@+]1(C)CCc3cc(OC)c(OC)cc3[C@@H]1Cc1cc(CO)c(OC)c(OC)c1)CC2. The Morgan fingerprint density at radius 2 is 1.07 bits per heavy atom. The summed E-state index contributed by atoms with van der Waals surface area (Å²) in [5, 5.41) is 10.2. The number of ether oxygens (including phenoxy) is 11. The van der Waals surface area contributed by atoms with Crippen molar-refractivity contribution in [2.75, 3.05) is 117 Å². The van der Waals surface area contributed by atoms with E-state index in [9.17, 15) is 14.7 Å². The van der Waals surface area contributed by atoms with Gasteiger partial charge in [-0.15, -0.1) is 0 Å². The molecule has 6 rings (SSSR count). The van der Waals surface area contributed by atoms with Gasteiger partial charge < -0.3 is 66.2 Å². The quantitative estimate of drug-likeness (QED) is 0.0346. The molecule has 4 aromatic rings. The average Bonchev–Trinajstić information content (AvgIpc) is 3.37. The maximum absolute atomic E-state index is 13.2. The number of esters is 2. The molecule has 2 aliphatic rings. The maximum atomic E-state index is 13.2. The number of aliphatic hydroxyl groups excluding tert-OH is 1. The fourth-order valence-electron chi connectivity index (χ4n) is 10.4. The van der Waals surface area contributed by atoms with Gasteiger partial charge in [0.2, 0.25) is 5.75 Å². The number of likely N-dealkylation sites (N-methyl/N-ethyl adjacent to an activating group) is 2. The van der Waals surface area contributed by atoms with Crippen LogP contribution in [0.2, 0.25) is 0 Å². The first kappa shape index (κ1) is 53.0. The van der Waals surface area contributed by atoms with Gasteiger partial charge in [0.15, 0.2) is 46.0 Å². The van der Waals surface area contributed by atoms with Crippen LogP contribution in [0.3, 0.4) is 0 Å². The Kier molecular flexibility index (Phi) is 17.8. The van der Waals surface area contributed by atoms with Gasteiger partial charge in [-0.3, -0.25) is 0 Å². The molecule has 2 heterocycles. The number of quaternary nitrogens is 2. The Labute approximate surface area is 412 Å². The summed E-state index contributed by atoms with van der Waals surface area (Å²) < 4.78 is 63.9. The van der Waals surface area contributed by atoms with Crippen molar-refractivity contribution in [1.82, 2.24) is 0 Å². The van der Waals surface area contributed by atoms with E-state index in [1.165, 1.54) is 11.6 Å². The molecule has 16 heteroatoms. The van der Waals surface area contributed by atoms with Crippen molar-refractivity contribution in [3.05, 3.63) is 99.1 Å². The van der Waals surface area contributed by atoms with Crippen molar-refractivity contribution in [2.45, 2.75) is 57.7 Å². The molecule has 1 N–H and O–H groups in total. The summed E-state index contributed by atoms with van der Waals surface area (Å²) in [6, 6.07) is 15.9. The van der Waals surface area contributed by atoms with Gasteiger partial charge in [0, 0.05) is 66.0 Å². The van der Waals surface area contributed by atoms with Gasteiger partial charge in [-0.1, -0.05) is 0 Å². The number of hydrogen-bond acceptors (Lipinski definition) is 14. The van der Waals surface area contributed by atoms with Crippen LogP contribution in [0.1, 0.15) is 70.8 Å². The number of carbonyl (C=O) groups excluding carboxylic acids is 2. The Morgan fingerprint density at radius 3 is 1.61 bits per heavy atom. The molecule has 380 valence electrons. The summed E-state index contributed by atoms with van der Waals surface area (Å²) in [6.45, 7) is 4.65. The van der Waals surface area contributed by atoms with Crippen LogP contribution in [0.5, 0.6) is 51.7 Å². The molecule has 0 fully saturated rings. The largest absolute Gasteiger partial charge is 0.493 e.